The zero-order chi connectivity index (χ0) is 19.1. The number of nitrogens with zero attached hydrogens (tertiary/aromatic N) is 1. The van der Waals surface area contributed by atoms with Gasteiger partial charge in [0.1, 0.15) is 0 Å². The van der Waals surface area contributed by atoms with E-state index in [4.69, 9.17) is 4.74 Å². The van der Waals surface area contributed by atoms with Crippen LogP contribution in [0.4, 0.5) is 11.4 Å². The van der Waals surface area contributed by atoms with Gasteiger partial charge in [0.05, 0.1) is 4.92 Å². The summed E-state index contributed by atoms with van der Waals surface area (Å²) in [5.41, 5.74) is 1.42. The number of rotatable bonds is 7. The molecule has 26 heavy (non-hydrogen) atoms. The van der Waals surface area contributed by atoms with E-state index >= 15 is 0 Å². The van der Waals surface area contributed by atoms with Crippen LogP contribution < -0.4 is 15.4 Å². The number of carbonyl (C=O) groups is 2. The summed E-state index contributed by atoms with van der Waals surface area (Å²) in [6, 6.07) is 10.9. The molecule has 136 valence electrons. The molecule has 2 rings (SSSR count). The number of hydrogen-bond acceptors (Lipinski definition) is 5. The number of hydrogen-bond donors (Lipinski definition) is 2. The maximum absolute atomic E-state index is 12.1. The highest BCUT2D eigenvalue weighted by Gasteiger charge is 2.16. The van der Waals surface area contributed by atoms with E-state index in [1.165, 1.54) is 18.2 Å². The van der Waals surface area contributed by atoms with E-state index in [0.717, 1.165) is 5.56 Å². The average molecular weight is 357 g/mol. The summed E-state index contributed by atoms with van der Waals surface area (Å²) < 4.78 is 5.30. The lowest BCUT2D eigenvalue weighted by Gasteiger charge is -2.09. The second-order valence-corrected chi connectivity index (χ2v) is 5.51. The Morgan fingerprint density at radius 2 is 1.96 bits per heavy atom. The van der Waals surface area contributed by atoms with Gasteiger partial charge in [-0.05, 0) is 43.7 Å². The van der Waals surface area contributed by atoms with Crippen molar-refractivity contribution in [1.82, 2.24) is 5.32 Å². The number of benzene rings is 2. The van der Waals surface area contributed by atoms with Crippen molar-refractivity contribution in [3.63, 3.8) is 0 Å². The van der Waals surface area contributed by atoms with E-state index in [-0.39, 0.29) is 17.3 Å². The van der Waals surface area contributed by atoms with Gasteiger partial charge in [-0.1, -0.05) is 12.1 Å². The number of aryl methyl sites for hydroxylation is 1. The summed E-state index contributed by atoms with van der Waals surface area (Å²) in [4.78, 5) is 34.3. The number of ether oxygens (including phenoxy) is 1. The molecule has 0 bridgehead atoms. The second-order valence-electron chi connectivity index (χ2n) is 5.51. The Balaban J connectivity index is 2.02. The molecule has 8 nitrogen and oxygen atoms in total. The molecule has 0 heterocycles. The lowest BCUT2D eigenvalue weighted by molar-refractivity contribution is -0.385. The highest BCUT2D eigenvalue weighted by molar-refractivity contribution is 5.97. The van der Waals surface area contributed by atoms with Crippen molar-refractivity contribution < 1.29 is 19.2 Å². The Morgan fingerprint density at radius 3 is 2.65 bits per heavy atom. The van der Waals surface area contributed by atoms with Crippen LogP contribution in [0.2, 0.25) is 0 Å². The number of nitro groups is 1. The van der Waals surface area contributed by atoms with Gasteiger partial charge in [0.15, 0.2) is 12.4 Å². The standard InChI is InChI=1S/C18H19N3O5/c1-3-19-18(23)13-5-4-6-14(10-13)20-17(22)11-26-16-9-12(2)7-8-15(16)21(24)25/h4-10H,3,11H2,1-2H3,(H,19,23)(H,20,22). The average Bonchev–Trinajstić information content (AvgIpc) is 2.60. The molecule has 0 atom stereocenters. The van der Waals surface area contributed by atoms with Crippen molar-refractivity contribution in [2.45, 2.75) is 13.8 Å². The zero-order valence-corrected chi connectivity index (χ0v) is 14.4. The molecule has 0 saturated heterocycles. The first kappa shape index (κ1) is 18.9. The van der Waals surface area contributed by atoms with Gasteiger partial charge in [-0.25, -0.2) is 0 Å². The molecule has 0 aliphatic carbocycles. The molecule has 0 fully saturated rings. The topological polar surface area (TPSA) is 111 Å². The van der Waals surface area contributed by atoms with Crippen molar-refractivity contribution in [1.29, 1.82) is 0 Å². The van der Waals surface area contributed by atoms with E-state index in [1.807, 2.05) is 6.92 Å². The second kappa shape index (κ2) is 8.61. The molecular weight excluding hydrogens is 338 g/mol. The highest BCUT2D eigenvalue weighted by Crippen LogP contribution is 2.27. The van der Waals surface area contributed by atoms with Gasteiger partial charge in [0.2, 0.25) is 0 Å². The van der Waals surface area contributed by atoms with Gasteiger partial charge in [-0.15, -0.1) is 0 Å². The van der Waals surface area contributed by atoms with Gasteiger partial charge in [0.25, 0.3) is 11.8 Å². The van der Waals surface area contributed by atoms with Crippen molar-refractivity contribution in [3.05, 3.63) is 63.7 Å². The SMILES string of the molecule is CCNC(=O)c1cccc(NC(=O)COc2cc(C)ccc2[N+](=O)[O-])c1. The minimum absolute atomic E-state index is 0.0289. The molecule has 0 spiro atoms. The quantitative estimate of drug-likeness (QED) is 0.585. The maximum Gasteiger partial charge on any atom is 0.310 e. The van der Waals surface area contributed by atoms with Crippen LogP contribution in [0, 0.1) is 17.0 Å². The van der Waals surface area contributed by atoms with Crippen LogP contribution in [0.25, 0.3) is 0 Å². The summed E-state index contributed by atoms with van der Waals surface area (Å²) in [5, 5.41) is 16.3. The Morgan fingerprint density at radius 1 is 1.19 bits per heavy atom. The van der Waals surface area contributed by atoms with Crippen molar-refractivity contribution in [2.75, 3.05) is 18.5 Å². The third-order valence-electron chi connectivity index (χ3n) is 3.42. The third kappa shape index (κ3) is 5.04. The first-order valence-electron chi connectivity index (χ1n) is 7.96. The van der Waals surface area contributed by atoms with Crippen LogP contribution >= 0.6 is 0 Å². The fourth-order valence-electron chi connectivity index (χ4n) is 2.23. The van der Waals surface area contributed by atoms with E-state index in [2.05, 4.69) is 10.6 Å². The van der Waals surface area contributed by atoms with Gasteiger partial charge in [-0.2, -0.15) is 0 Å². The van der Waals surface area contributed by atoms with Crippen LogP contribution in [0.3, 0.4) is 0 Å². The maximum atomic E-state index is 12.1. The Hall–Kier alpha value is -3.42. The molecule has 0 radical (unpaired) electrons. The molecule has 0 aromatic heterocycles. The molecule has 0 saturated carbocycles. The number of carbonyl (C=O) groups excluding carboxylic acids is 2. The summed E-state index contributed by atoms with van der Waals surface area (Å²) >= 11 is 0. The Bertz CT molecular complexity index is 835. The van der Waals surface area contributed by atoms with E-state index in [9.17, 15) is 19.7 Å². The summed E-state index contributed by atoms with van der Waals surface area (Å²) in [5.74, 6) is -0.703. The first-order chi connectivity index (χ1) is 12.4. The highest BCUT2D eigenvalue weighted by atomic mass is 16.6. The summed E-state index contributed by atoms with van der Waals surface area (Å²) in [6.07, 6.45) is 0. The Labute approximate surface area is 150 Å². The lowest BCUT2D eigenvalue weighted by Crippen LogP contribution is -2.23. The molecular formula is C18H19N3O5. The number of nitro benzene ring substituents is 1. The number of nitrogens with one attached hydrogen (secondary N) is 2. The minimum Gasteiger partial charge on any atom is -0.477 e. The Kier molecular flexibility index (Phi) is 6.26. The van der Waals surface area contributed by atoms with E-state index < -0.39 is 17.4 Å². The third-order valence-corrected chi connectivity index (χ3v) is 3.42. The summed E-state index contributed by atoms with van der Waals surface area (Å²) in [6.45, 7) is 3.68. The molecule has 0 aliphatic rings. The van der Waals surface area contributed by atoms with Crippen LogP contribution in [0.5, 0.6) is 5.75 Å². The smallest absolute Gasteiger partial charge is 0.310 e. The minimum atomic E-state index is -0.567. The molecule has 2 aromatic rings. The zero-order valence-electron chi connectivity index (χ0n) is 14.4. The monoisotopic (exact) mass is 357 g/mol. The van der Waals surface area contributed by atoms with Crippen LogP contribution in [0.15, 0.2) is 42.5 Å². The van der Waals surface area contributed by atoms with E-state index in [0.29, 0.717) is 17.8 Å². The predicted molar refractivity (Wildman–Crippen MR) is 96.4 cm³/mol. The van der Waals surface area contributed by atoms with Crippen LogP contribution in [-0.4, -0.2) is 29.9 Å². The molecule has 0 unspecified atom stereocenters. The largest absolute Gasteiger partial charge is 0.477 e. The number of anilines is 1. The summed E-state index contributed by atoms with van der Waals surface area (Å²) in [7, 11) is 0. The molecule has 2 amide bonds. The van der Waals surface area contributed by atoms with Crippen molar-refractivity contribution in [2.24, 2.45) is 0 Å². The van der Waals surface area contributed by atoms with Gasteiger partial charge >= 0.3 is 5.69 Å². The fraction of sp³-hybridized carbons (Fsp3) is 0.222. The van der Waals surface area contributed by atoms with Crippen LogP contribution in [0.1, 0.15) is 22.8 Å². The number of amides is 2. The van der Waals surface area contributed by atoms with Crippen molar-refractivity contribution in [3.8, 4) is 5.75 Å². The van der Waals surface area contributed by atoms with Gasteiger partial charge in [-0.3, -0.25) is 19.7 Å². The lowest BCUT2D eigenvalue weighted by atomic mass is 10.2. The normalized spacial score (nSPS) is 10.1. The van der Waals surface area contributed by atoms with Gasteiger partial charge in [0, 0.05) is 23.9 Å². The fourth-order valence-corrected chi connectivity index (χ4v) is 2.23. The van der Waals surface area contributed by atoms with Gasteiger partial charge < -0.3 is 15.4 Å². The molecule has 8 heteroatoms. The van der Waals surface area contributed by atoms with E-state index in [1.54, 1.807) is 31.2 Å². The van der Waals surface area contributed by atoms with Crippen molar-refractivity contribution >= 4 is 23.2 Å². The predicted octanol–water partition coefficient (Wildman–Crippen LogP) is 2.67. The molecule has 2 aromatic carbocycles. The first-order valence-corrected chi connectivity index (χ1v) is 7.96. The molecule has 0 aliphatic heterocycles. The van der Waals surface area contributed by atoms with Crippen LogP contribution in [-0.2, 0) is 4.79 Å². The molecule has 2 N–H and O–H groups in total.